The minimum absolute atomic E-state index is 0.208. The molecule has 3 rings (SSSR count). The molecule has 0 saturated heterocycles. The number of carbonyl (C=O) groups excluding carboxylic acids is 1. The lowest BCUT2D eigenvalue weighted by Crippen LogP contribution is -2.41. The summed E-state index contributed by atoms with van der Waals surface area (Å²) in [5.74, 6) is -0.365. The monoisotopic (exact) mass is 420 g/mol. The van der Waals surface area contributed by atoms with E-state index >= 15 is 0 Å². The van der Waals surface area contributed by atoms with Crippen LogP contribution in [0, 0.1) is 0 Å². The van der Waals surface area contributed by atoms with Crippen LogP contribution < -0.4 is 9.62 Å². The second-order valence-corrected chi connectivity index (χ2v) is 9.62. The molecule has 0 bridgehead atoms. The molecule has 5 nitrogen and oxygen atoms in total. The molecule has 0 spiro atoms. The Morgan fingerprint density at radius 1 is 1.14 bits per heavy atom. The van der Waals surface area contributed by atoms with E-state index < -0.39 is 10.0 Å². The summed E-state index contributed by atoms with van der Waals surface area (Å²) in [5.41, 5.74) is 4.13. The Bertz CT molecular complexity index is 975. The van der Waals surface area contributed by atoms with Crippen LogP contribution in [0.5, 0.6) is 0 Å². The first-order valence-corrected chi connectivity index (χ1v) is 11.6. The van der Waals surface area contributed by atoms with Gasteiger partial charge in [0.2, 0.25) is 15.9 Å². The van der Waals surface area contributed by atoms with Crippen LogP contribution >= 0.6 is 11.6 Å². The van der Waals surface area contributed by atoms with Crippen LogP contribution in [0.2, 0.25) is 5.02 Å². The third-order valence-corrected chi connectivity index (χ3v) is 6.41. The summed E-state index contributed by atoms with van der Waals surface area (Å²) >= 11 is 5.98. The second kappa shape index (κ2) is 8.53. The molecule has 1 atom stereocenters. The predicted molar refractivity (Wildman–Crippen MR) is 113 cm³/mol. The topological polar surface area (TPSA) is 66.5 Å². The number of sulfonamides is 1. The fourth-order valence-electron chi connectivity index (χ4n) is 3.55. The van der Waals surface area contributed by atoms with Crippen LogP contribution in [0.1, 0.15) is 42.5 Å². The van der Waals surface area contributed by atoms with E-state index in [0.29, 0.717) is 10.7 Å². The lowest BCUT2D eigenvalue weighted by Gasteiger charge is -2.24. The van der Waals surface area contributed by atoms with Crippen molar-refractivity contribution in [1.29, 1.82) is 0 Å². The summed E-state index contributed by atoms with van der Waals surface area (Å²) < 4.78 is 25.5. The van der Waals surface area contributed by atoms with E-state index in [0.717, 1.165) is 29.0 Å². The summed E-state index contributed by atoms with van der Waals surface area (Å²) in [5, 5.41) is 3.32. The van der Waals surface area contributed by atoms with Crippen LogP contribution in [0.4, 0.5) is 5.69 Å². The first-order chi connectivity index (χ1) is 13.2. The Balaban J connectivity index is 1.72. The zero-order chi connectivity index (χ0) is 20.3. The Labute approximate surface area is 171 Å². The molecule has 28 heavy (non-hydrogen) atoms. The summed E-state index contributed by atoms with van der Waals surface area (Å²) in [7, 11) is -3.63. The number of carbonyl (C=O) groups is 1. The number of nitrogens with zero attached hydrogens (tertiary/aromatic N) is 1. The van der Waals surface area contributed by atoms with Gasteiger partial charge in [0.15, 0.2) is 0 Å². The van der Waals surface area contributed by atoms with Crippen LogP contribution in [0.15, 0.2) is 42.5 Å². The van der Waals surface area contributed by atoms with Crippen molar-refractivity contribution in [2.45, 2.75) is 38.6 Å². The number of fused-ring (bicyclic) bond motifs is 1. The van der Waals surface area contributed by atoms with Crippen LogP contribution in [-0.4, -0.2) is 27.1 Å². The van der Waals surface area contributed by atoms with Gasteiger partial charge in [-0.3, -0.25) is 9.10 Å². The molecule has 2 aromatic rings. The van der Waals surface area contributed by atoms with E-state index in [2.05, 4.69) is 17.4 Å². The smallest absolute Gasteiger partial charge is 0.241 e. The molecule has 0 fully saturated rings. The van der Waals surface area contributed by atoms with Crippen molar-refractivity contribution in [3.63, 3.8) is 0 Å². The number of aryl methyl sites for hydroxylation is 2. The van der Waals surface area contributed by atoms with Gasteiger partial charge >= 0.3 is 0 Å². The lowest BCUT2D eigenvalue weighted by molar-refractivity contribution is -0.120. The van der Waals surface area contributed by atoms with Crippen molar-refractivity contribution >= 4 is 33.2 Å². The third kappa shape index (κ3) is 5.06. The molecule has 1 unspecified atom stereocenters. The van der Waals surface area contributed by atoms with Gasteiger partial charge in [0.25, 0.3) is 0 Å². The molecular weight excluding hydrogens is 396 g/mol. The van der Waals surface area contributed by atoms with Gasteiger partial charge in [-0.15, -0.1) is 0 Å². The van der Waals surface area contributed by atoms with Crippen LogP contribution in [0.25, 0.3) is 0 Å². The fraction of sp³-hybridized carbons (Fsp3) is 0.381. The van der Waals surface area contributed by atoms with Gasteiger partial charge < -0.3 is 5.32 Å². The van der Waals surface area contributed by atoms with Gasteiger partial charge in [0, 0.05) is 5.02 Å². The molecule has 0 saturated carbocycles. The number of amides is 1. The molecule has 1 aliphatic rings. The number of anilines is 1. The van der Waals surface area contributed by atoms with E-state index in [1.165, 1.54) is 30.0 Å². The quantitative estimate of drug-likeness (QED) is 0.771. The summed E-state index contributed by atoms with van der Waals surface area (Å²) in [6.07, 6.45) is 5.68. The van der Waals surface area contributed by atoms with Crippen molar-refractivity contribution in [2.75, 3.05) is 17.1 Å². The summed E-state index contributed by atoms with van der Waals surface area (Å²) in [6, 6.07) is 12.6. The Morgan fingerprint density at radius 3 is 2.54 bits per heavy atom. The van der Waals surface area contributed by atoms with Gasteiger partial charge in [0.05, 0.1) is 18.0 Å². The standard InChI is InChI=1S/C21H25ClN2O3S/c1-15(17-11-10-16-6-3-4-7-18(16)12-17)23-21(25)14-24(28(2,26)27)20-9-5-8-19(22)13-20/h5,8-13,15H,3-4,6-7,14H2,1-2H3,(H,23,25). The van der Waals surface area contributed by atoms with E-state index in [4.69, 9.17) is 11.6 Å². The first kappa shape index (κ1) is 20.7. The van der Waals surface area contributed by atoms with Gasteiger partial charge in [0.1, 0.15) is 6.54 Å². The van der Waals surface area contributed by atoms with E-state index in [9.17, 15) is 13.2 Å². The maximum atomic E-state index is 12.6. The maximum Gasteiger partial charge on any atom is 0.241 e. The minimum atomic E-state index is -3.63. The van der Waals surface area contributed by atoms with Crippen molar-refractivity contribution < 1.29 is 13.2 Å². The zero-order valence-corrected chi connectivity index (χ0v) is 17.7. The molecule has 2 aromatic carbocycles. The Morgan fingerprint density at radius 2 is 1.86 bits per heavy atom. The molecule has 1 amide bonds. The normalized spacial score (nSPS) is 14.8. The Kier molecular flexibility index (Phi) is 6.30. The average Bonchev–Trinajstić information content (AvgIpc) is 2.64. The van der Waals surface area contributed by atoms with Crippen molar-refractivity contribution in [3.05, 3.63) is 64.2 Å². The van der Waals surface area contributed by atoms with Crippen LogP contribution in [0.3, 0.4) is 0 Å². The zero-order valence-electron chi connectivity index (χ0n) is 16.1. The second-order valence-electron chi connectivity index (χ2n) is 7.27. The number of nitrogens with one attached hydrogen (secondary N) is 1. The number of hydrogen-bond donors (Lipinski definition) is 1. The molecular formula is C21H25ClN2O3S. The highest BCUT2D eigenvalue weighted by molar-refractivity contribution is 7.92. The molecule has 1 N–H and O–H groups in total. The van der Waals surface area contributed by atoms with Crippen molar-refractivity contribution in [1.82, 2.24) is 5.32 Å². The third-order valence-electron chi connectivity index (χ3n) is 5.03. The molecule has 1 aliphatic carbocycles. The number of halogens is 1. The van der Waals surface area contributed by atoms with Crippen molar-refractivity contribution in [3.8, 4) is 0 Å². The number of hydrogen-bond acceptors (Lipinski definition) is 3. The molecule has 150 valence electrons. The largest absolute Gasteiger partial charge is 0.348 e. The predicted octanol–water partition coefficient (Wildman–Crippen LogP) is 3.86. The highest BCUT2D eigenvalue weighted by Crippen LogP contribution is 2.25. The molecule has 0 radical (unpaired) electrons. The number of rotatable bonds is 6. The molecule has 0 aliphatic heterocycles. The van der Waals surface area contributed by atoms with Crippen LogP contribution in [-0.2, 0) is 27.7 Å². The number of benzene rings is 2. The lowest BCUT2D eigenvalue weighted by atomic mass is 9.89. The SMILES string of the molecule is CC(NC(=O)CN(c1cccc(Cl)c1)S(C)(=O)=O)c1ccc2c(c1)CCCC2. The molecule has 0 aromatic heterocycles. The average molecular weight is 421 g/mol. The summed E-state index contributed by atoms with van der Waals surface area (Å²) in [4.78, 5) is 12.6. The van der Waals surface area contributed by atoms with E-state index in [-0.39, 0.29) is 18.5 Å². The van der Waals surface area contributed by atoms with Gasteiger partial charge in [-0.05, 0) is 67.5 Å². The van der Waals surface area contributed by atoms with E-state index in [1.807, 2.05) is 13.0 Å². The van der Waals surface area contributed by atoms with Gasteiger partial charge in [-0.25, -0.2) is 8.42 Å². The fourth-order valence-corrected chi connectivity index (χ4v) is 4.59. The molecule has 0 heterocycles. The van der Waals surface area contributed by atoms with Gasteiger partial charge in [-0.1, -0.05) is 35.9 Å². The van der Waals surface area contributed by atoms with Gasteiger partial charge in [-0.2, -0.15) is 0 Å². The molecule has 7 heteroatoms. The first-order valence-electron chi connectivity index (χ1n) is 9.38. The minimum Gasteiger partial charge on any atom is -0.348 e. The highest BCUT2D eigenvalue weighted by atomic mass is 35.5. The maximum absolute atomic E-state index is 12.6. The van der Waals surface area contributed by atoms with E-state index in [1.54, 1.807) is 18.2 Å². The Hall–Kier alpha value is -2.05. The highest BCUT2D eigenvalue weighted by Gasteiger charge is 2.22. The van der Waals surface area contributed by atoms with Crippen molar-refractivity contribution in [2.24, 2.45) is 0 Å². The summed E-state index contributed by atoms with van der Waals surface area (Å²) in [6.45, 7) is 1.61.